The van der Waals surface area contributed by atoms with Crippen LogP contribution in [0.3, 0.4) is 0 Å². The van der Waals surface area contributed by atoms with E-state index in [1.165, 1.54) is 12.3 Å². The molecule has 0 aliphatic carbocycles. The Labute approximate surface area is 112 Å². The largest absolute Gasteiger partial charge is 0.394 e. The maximum Gasteiger partial charge on any atom is 0.330 e. The Morgan fingerprint density at radius 3 is 2.90 bits per heavy atom. The van der Waals surface area contributed by atoms with E-state index in [9.17, 15) is 24.6 Å². The molecule has 0 bridgehead atoms. The molecule has 1 unspecified atom stereocenters. The second-order valence-electron chi connectivity index (χ2n) is 4.47. The van der Waals surface area contributed by atoms with Crippen molar-refractivity contribution < 1.29 is 19.7 Å². The summed E-state index contributed by atoms with van der Waals surface area (Å²) in [5, 5.41) is 19.6. The maximum atomic E-state index is 11.7. The topological polar surface area (TPSA) is 122 Å². The first-order valence-electron chi connectivity index (χ1n) is 5.93. The minimum absolute atomic E-state index is 0.0332. The van der Waals surface area contributed by atoms with Crippen molar-refractivity contribution in [3.63, 3.8) is 0 Å². The number of carbonyl (C=O) groups is 1. The van der Waals surface area contributed by atoms with E-state index in [0.29, 0.717) is 6.29 Å². The number of H-pyrrole nitrogens is 1. The molecule has 3 N–H and O–H groups in total. The summed E-state index contributed by atoms with van der Waals surface area (Å²) in [5.74, 6) is 0. The van der Waals surface area contributed by atoms with Gasteiger partial charge in [0.2, 0.25) is 0 Å². The van der Waals surface area contributed by atoms with Crippen LogP contribution in [0.5, 0.6) is 0 Å². The standard InChI is InChI=1S/C12H14N2O6/c15-5-1-3-12(19)6-10(20-8(12)7-16)14-4-2-9(17)13-11(14)18/h1-5,8,10,16,19H,6-7H2,(H,13,17,18)/t8-,10-,12?/m0/s1. The third kappa shape index (κ3) is 2.62. The summed E-state index contributed by atoms with van der Waals surface area (Å²) < 4.78 is 6.51. The molecule has 1 saturated heterocycles. The number of hydrogen-bond donors (Lipinski definition) is 3. The molecule has 20 heavy (non-hydrogen) atoms. The third-order valence-corrected chi connectivity index (χ3v) is 3.17. The quantitative estimate of drug-likeness (QED) is 0.447. The molecule has 0 radical (unpaired) electrons. The predicted molar refractivity (Wildman–Crippen MR) is 67.1 cm³/mol. The maximum absolute atomic E-state index is 11.7. The normalized spacial score (nSPS) is 29.9. The van der Waals surface area contributed by atoms with E-state index >= 15 is 0 Å². The number of nitrogens with one attached hydrogen (secondary N) is 1. The highest BCUT2D eigenvalue weighted by atomic mass is 16.5. The second-order valence-corrected chi connectivity index (χ2v) is 4.47. The molecule has 0 spiro atoms. The number of carbonyl (C=O) groups excluding carboxylic acids is 1. The number of aromatic nitrogens is 2. The van der Waals surface area contributed by atoms with Gasteiger partial charge in [0, 0.05) is 18.7 Å². The summed E-state index contributed by atoms with van der Waals surface area (Å²) >= 11 is 0. The number of aliphatic hydroxyl groups excluding tert-OH is 1. The fraction of sp³-hybridized carbons (Fsp3) is 0.417. The van der Waals surface area contributed by atoms with E-state index in [2.05, 4.69) is 4.98 Å². The average Bonchev–Trinajstić information content (AvgIpc) is 2.74. The first-order valence-corrected chi connectivity index (χ1v) is 5.93. The van der Waals surface area contributed by atoms with Crippen LogP contribution < -0.4 is 11.2 Å². The summed E-state index contributed by atoms with van der Waals surface area (Å²) in [6.45, 7) is -0.478. The molecule has 0 aromatic carbocycles. The third-order valence-electron chi connectivity index (χ3n) is 3.17. The number of aliphatic hydroxyl groups is 2. The fourth-order valence-electron chi connectivity index (χ4n) is 2.17. The van der Waals surface area contributed by atoms with Gasteiger partial charge in [0.05, 0.1) is 6.61 Å². The van der Waals surface area contributed by atoms with Crippen molar-refractivity contribution in [3.05, 3.63) is 45.3 Å². The van der Waals surface area contributed by atoms with Crippen LogP contribution in [-0.4, -0.2) is 44.4 Å². The molecule has 108 valence electrons. The number of aldehydes is 1. The van der Waals surface area contributed by atoms with Crippen LogP contribution >= 0.6 is 0 Å². The highest BCUT2D eigenvalue weighted by molar-refractivity contribution is 5.65. The van der Waals surface area contributed by atoms with E-state index < -0.39 is 35.8 Å². The van der Waals surface area contributed by atoms with Gasteiger partial charge in [0.1, 0.15) is 24.2 Å². The van der Waals surface area contributed by atoms with Crippen LogP contribution in [0, 0.1) is 0 Å². The lowest BCUT2D eigenvalue weighted by atomic mass is 9.94. The molecule has 1 aliphatic heterocycles. The van der Waals surface area contributed by atoms with Gasteiger partial charge in [-0.25, -0.2) is 4.79 Å². The van der Waals surface area contributed by atoms with Crippen molar-refractivity contribution in [2.45, 2.75) is 24.4 Å². The van der Waals surface area contributed by atoms with Gasteiger partial charge >= 0.3 is 5.69 Å². The van der Waals surface area contributed by atoms with Gasteiger partial charge < -0.3 is 14.9 Å². The number of aromatic amines is 1. The van der Waals surface area contributed by atoms with Gasteiger partial charge in [0.25, 0.3) is 5.56 Å². The summed E-state index contributed by atoms with van der Waals surface area (Å²) in [4.78, 5) is 35.1. The number of rotatable bonds is 4. The second kappa shape index (κ2) is 5.53. The minimum atomic E-state index is -1.56. The predicted octanol–water partition coefficient (Wildman–Crippen LogP) is -1.70. The highest BCUT2D eigenvalue weighted by Gasteiger charge is 2.46. The molecular weight excluding hydrogens is 268 g/mol. The first kappa shape index (κ1) is 14.4. The molecular formula is C12H14N2O6. The monoisotopic (exact) mass is 282 g/mol. The molecule has 1 aromatic rings. The molecule has 0 amide bonds. The van der Waals surface area contributed by atoms with Crippen molar-refractivity contribution >= 4 is 6.29 Å². The Kier molecular flexibility index (Phi) is 3.98. The highest BCUT2D eigenvalue weighted by Crippen LogP contribution is 2.36. The lowest BCUT2D eigenvalue weighted by molar-refractivity contribution is -0.104. The van der Waals surface area contributed by atoms with Gasteiger partial charge in [-0.2, -0.15) is 0 Å². The number of nitrogens with zero attached hydrogens (tertiary/aromatic N) is 1. The molecule has 1 aliphatic rings. The Morgan fingerprint density at radius 1 is 1.55 bits per heavy atom. The zero-order valence-electron chi connectivity index (χ0n) is 10.4. The molecule has 8 heteroatoms. The molecule has 1 fully saturated rings. The van der Waals surface area contributed by atoms with Gasteiger partial charge in [0.15, 0.2) is 0 Å². The zero-order valence-corrected chi connectivity index (χ0v) is 10.4. The minimum Gasteiger partial charge on any atom is -0.394 e. The van der Waals surface area contributed by atoms with Crippen LogP contribution in [0.4, 0.5) is 0 Å². The van der Waals surface area contributed by atoms with Crippen molar-refractivity contribution in [3.8, 4) is 0 Å². The van der Waals surface area contributed by atoms with Crippen molar-refractivity contribution in [2.75, 3.05) is 6.61 Å². The Hall–Kier alpha value is -2.03. The first-order chi connectivity index (χ1) is 9.50. The van der Waals surface area contributed by atoms with Gasteiger partial charge in [-0.15, -0.1) is 0 Å². The molecule has 2 rings (SSSR count). The molecule has 1 aromatic heterocycles. The molecule has 2 heterocycles. The summed E-state index contributed by atoms with van der Waals surface area (Å²) in [6, 6.07) is 1.15. The smallest absolute Gasteiger partial charge is 0.330 e. The number of ether oxygens (including phenoxy) is 1. The van der Waals surface area contributed by atoms with Crippen LogP contribution in [0.25, 0.3) is 0 Å². The summed E-state index contributed by atoms with van der Waals surface area (Å²) in [6.07, 6.45) is 2.21. The van der Waals surface area contributed by atoms with Crippen molar-refractivity contribution in [1.29, 1.82) is 0 Å². The lowest BCUT2D eigenvalue weighted by Gasteiger charge is -2.22. The summed E-state index contributed by atoms with van der Waals surface area (Å²) in [7, 11) is 0. The van der Waals surface area contributed by atoms with Gasteiger partial charge in [-0.3, -0.25) is 19.1 Å². The fourth-order valence-corrected chi connectivity index (χ4v) is 2.17. The Bertz CT molecular complexity index is 633. The number of allylic oxidation sites excluding steroid dienone is 1. The van der Waals surface area contributed by atoms with E-state index in [1.807, 2.05) is 0 Å². The molecule has 3 atom stereocenters. The zero-order chi connectivity index (χ0) is 14.8. The molecule has 8 nitrogen and oxygen atoms in total. The molecule has 0 saturated carbocycles. The van der Waals surface area contributed by atoms with Crippen molar-refractivity contribution in [2.24, 2.45) is 0 Å². The van der Waals surface area contributed by atoms with Crippen LogP contribution in [0.2, 0.25) is 0 Å². The number of hydrogen-bond acceptors (Lipinski definition) is 6. The van der Waals surface area contributed by atoms with E-state index in [-0.39, 0.29) is 6.42 Å². The Morgan fingerprint density at radius 2 is 2.30 bits per heavy atom. The summed E-state index contributed by atoms with van der Waals surface area (Å²) in [5.41, 5.74) is -2.78. The van der Waals surface area contributed by atoms with Crippen LogP contribution in [0.1, 0.15) is 12.6 Å². The van der Waals surface area contributed by atoms with Crippen LogP contribution in [-0.2, 0) is 9.53 Å². The van der Waals surface area contributed by atoms with Crippen molar-refractivity contribution in [1.82, 2.24) is 9.55 Å². The van der Waals surface area contributed by atoms with Gasteiger partial charge in [-0.05, 0) is 12.2 Å². The average molecular weight is 282 g/mol. The Balaban J connectivity index is 2.33. The van der Waals surface area contributed by atoms with E-state index in [1.54, 1.807) is 0 Å². The van der Waals surface area contributed by atoms with E-state index in [0.717, 1.165) is 16.7 Å². The van der Waals surface area contributed by atoms with Gasteiger partial charge in [-0.1, -0.05) is 0 Å². The van der Waals surface area contributed by atoms with E-state index in [4.69, 9.17) is 4.74 Å². The SMILES string of the molecule is O=CC=CC1(O)C[C@@H](n2ccc(=O)[nH]c2=O)O[C@H]1CO. The van der Waals surface area contributed by atoms with Crippen LogP contribution in [0.15, 0.2) is 34.0 Å². The lowest BCUT2D eigenvalue weighted by Crippen LogP contribution is -2.38.